The van der Waals surface area contributed by atoms with Gasteiger partial charge < -0.3 is 63.5 Å². The summed E-state index contributed by atoms with van der Waals surface area (Å²) in [6.45, 7) is 4.74. The molecule has 5 aromatic heterocycles. The molecule has 5 amide bonds. The number of carbonyl (C=O) groups is 6. The Morgan fingerprint density at radius 2 is 0.779 bits per heavy atom. The first-order valence-electron chi connectivity index (χ1n) is 35.7. The number of rotatable bonds is 21. The number of nitrogens with one attached hydrogen (secondary N) is 2. The van der Waals surface area contributed by atoms with E-state index in [-0.39, 0.29) is 126 Å². The van der Waals surface area contributed by atoms with E-state index in [1.807, 2.05) is 54.6 Å². The van der Waals surface area contributed by atoms with Crippen molar-refractivity contribution in [1.29, 1.82) is 0 Å². The molecule has 4 N–H and O–H groups in total. The summed E-state index contributed by atoms with van der Waals surface area (Å²) in [5, 5.41) is 36.0. The van der Waals surface area contributed by atoms with Crippen molar-refractivity contribution < 1.29 is 80.1 Å². The molecule has 3 aliphatic rings. The number of ether oxygens (including phenoxy) is 4. The highest BCUT2D eigenvalue weighted by Gasteiger charge is 2.39. The van der Waals surface area contributed by atoms with Crippen LogP contribution in [0.1, 0.15) is 146 Å². The number of phenolic OH excluding ortho intramolecular Hbond substituents is 1. The highest BCUT2D eigenvalue weighted by molar-refractivity contribution is 6.18. The fraction of sp³-hybridized carbons (Fsp3) is 0.198. The summed E-state index contributed by atoms with van der Waals surface area (Å²) < 4.78 is 73.2. The molecule has 8 aromatic carbocycles. The summed E-state index contributed by atoms with van der Waals surface area (Å²) >= 11 is 0. The van der Waals surface area contributed by atoms with Crippen molar-refractivity contribution in [2.75, 3.05) is 35.4 Å². The summed E-state index contributed by atoms with van der Waals surface area (Å²) in [7, 11) is 8.11. The number of nitrogens with zero attached hydrogens (tertiary/aromatic N) is 8. The molecule has 24 nitrogen and oxygen atoms in total. The number of halogens is 3. The van der Waals surface area contributed by atoms with Crippen LogP contribution in [-0.2, 0) is 65.2 Å². The van der Waals surface area contributed by atoms with Gasteiger partial charge in [-0.25, -0.2) is 18.0 Å². The lowest BCUT2D eigenvalue weighted by molar-refractivity contribution is 0.0694. The number of aromatic carboxylic acids is 1. The molecule has 0 saturated carbocycles. The molecule has 27 heteroatoms. The van der Waals surface area contributed by atoms with E-state index in [4.69, 9.17) is 33.0 Å². The largest absolute Gasteiger partial charge is 0.505 e. The summed E-state index contributed by atoms with van der Waals surface area (Å²) in [5.41, 5.74) is 11.5. The third-order valence-corrected chi connectivity index (χ3v) is 19.6. The van der Waals surface area contributed by atoms with E-state index in [1.54, 1.807) is 133 Å². The molecule has 16 rings (SSSR count). The SMILES string of the molecule is COc1ccc(COc2c3c(c(C(=O)NCc4cc(C)on4)c4cc(Cc5ccc(F)cc5)cnc24)CN(C)C3=O)cc1.COc1ccc(COc2c3c(c(C(=O)O)c4cc(Cc5ccc(F)cc5)cnc24)CN(C)C3=O)cc1.Cc1cc(CNC(=O)c2c3c(c(O)c4ncc(Cc5ccc(F)cc5)cc24)C(=O)N(C)C3)no1. The molecule has 0 spiro atoms. The molecule has 13 aromatic rings. The Hall–Kier alpha value is -14.0. The Kier molecular flexibility index (Phi) is 21.7. The number of hydrogen-bond donors (Lipinski definition) is 4. The molecule has 3 aliphatic heterocycles. The number of benzene rings is 8. The predicted octanol–water partition coefficient (Wildman–Crippen LogP) is 13.7. The van der Waals surface area contributed by atoms with Crippen molar-refractivity contribution in [2.24, 2.45) is 0 Å². The molecule has 0 aliphatic carbocycles. The number of aromatic nitrogens is 5. The molecule has 0 bridgehead atoms. The van der Waals surface area contributed by atoms with Gasteiger partial charge in [0.25, 0.3) is 29.5 Å². The number of aromatic hydroxyl groups is 1. The predicted molar refractivity (Wildman–Crippen MR) is 408 cm³/mol. The minimum Gasteiger partial charge on any atom is -0.505 e. The van der Waals surface area contributed by atoms with Crippen molar-refractivity contribution in [3.8, 4) is 28.7 Å². The monoisotopic (exact) mass is 1530 g/mol. The lowest BCUT2D eigenvalue weighted by Crippen LogP contribution is -2.25. The smallest absolute Gasteiger partial charge is 0.336 e. The molecule has 113 heavy (non-hydrogen) atoms. The van der Waals surface area contributed by atoms with Gasteiger partial charge in [0.15, 0.2) is 17.2 Å². The van der Waals surface area contributed by atoms with Gasteiger partial charge in [0.05, 0.1) is 60.7 Å². The number of carboxylic acids is 1. The standard InChI is InChI=1S/C33H29FN4O5.C28H23FN2O5.C25H21FN4O4/c1-19-12-24(37-43-19)16-36-32(39)28-26-14-22(13-20-4-8-23(34)9-5-20)15-35-30(26)31(29-27(28)17-38(2)33(29)40)42-18-21-6-10-25(41-3)11-7-21;1-31-14-22-23(28(33)34)21-12-18(11-16-3-7-19(29)8-4-16)13-30-25(21)26(24(22)27(31)32)36-15-17-5-9-20(35-2)10-6-17;1-13-7-17(29-34-13)11-28-24(32)20-18-9-15(8-14-3-5-16(26)6-4-14)10-27-22(18)23(31)21-19(20)12-30(2)25(21)33/h4-12,14-15H,13,16-18H2,1-3H3,(H,36,39);3-10,12-13H,11,14-15H2,1-2H3,(H,33,34);3-7,9-10,31H,8,11-12H2,1-2H3,(H,28,32). The zero-order valence-electron chi connectivity index (χ0n) is 62.2. The lowest BCUT2D eigenvalue weighted by atomic mass is 9.94. The van der Waals surface area contributed by atoms with Crippen LogP contribution in [-0.4, -0.2) is 121 Å². The number of phenols is 1. The first-order valence-corrected chi connectivity index (χ1v) is 35.7. The van der Waals surface area contributed by atoms with Crippen LogP contribution in [0.15, 0.2) is 179 Å². The number of hydrogen-bond acceptors (Lipinski definition) is 18. The highest BCUT2D eigenvalue weighted by Crippen LogP contribution is 2.44. The zero-order chi connectivity index (χ0) is 79.5. The third-order valence-electron chi connectivity index (χ3n) is 19.6. The van der Waals surface area contributed by atoms with Crippen LogP contribution in [0.5, 0.6) is 28.7 Å². The van der Waals surface area contributed by atoms with Crippen LogP contribution >= 0.6 is 0 Å². The van der Waals surface area contributed by atoms with Crippen molar-refractivity contribution >= 4 is 68.2 Å². The number of carbonyl (C=O) groups excluding carboxylic acids is 5. The number of carboxylic acid groups (broad SMARTS) is 1. The quantitative estimate of drug-likeness (QED) is 0.0519. The van der Waals surface area contributed by atoms with E-state index >= 15 is 0 Å². The minimum atomic E-state index is -1.14. The Morgan fingerprint density at radius 3 is 1.13 bits per heavy atom. The summed E-state index contributed by atoms with van der Waals surface area (Å²) in [6.07, 6.45) is 6.29. The van der Waals surface area contributed by atoms with Crippen LogP contribution in [0.3, 0.4) is 0 Å². The van der Waals surface area contributed by atoms with Crippen LogP contribution in [0.25, 0.3) is 32.7 Å². The van der Waals surface area contributed by atoms with Crippen LogP contribution in [0.4, 0.5) is 13.2 Å². The molecular weight excluding hydrogens is 1450 g/mol. The van der Waals surface area contributed by atoms with Crippen LogP contribution in [0, 0.1) is 31.3 Å². The number of amides is 5. The second-order valence-corrected chi connectivity index (χ2v) is 27.6. The first-order chi connectivity index (χ1) is 54.5. The van der Waals surface area contributed by atoms with Crippen molar-refractivity contribution in [2.45, 2.75) is 79.0 Å². The Bertz CT molecular complexity index is 5900. The number of pyridine rings is 3. The van der Waals surface area contributed by atoms with Crippen molar-refractivity contribution in [3.05, 3.63) is 305 Å². The third kappa shape index (κ3) is 16.1. The van der Waals surface area contributed by atoms with Gasteiger partial charge in [0.1, 0.15) is 81.6 Å². The van der Waals surface area contributed by atoms with Gasteiger partial charge in [0, 0.05) is 104 Å². The fourth-order valence-electron chi connectivity index (χ4n) is 14.1. The maximum absolute atomic E-state index is 13.8. The highest BCUT2D eigenvalue weighted by atomic mass is 19.1. The van der Waals surface area contributed by atoms with Gasteiger partial charge in [-0.3, -0.25) is 38.9 Å². The summed E-state index contributed by atoms with van der Waals surface area (Å²) in [5.74, 6) is -0.762. The maximum atomic E-state index is 13.8. The van der Waals surface area contributed by atoms with Gasteiger partial charge in [-0.2, -0.15) is 0 Å². The van der Waals surface area contributed by atoms with E-state index in [2.05, 4.69) is 30.9 Å². The molecule has 8 heterocycles. The molecule has 0 saturated heterocycles. The normalized spacial score (nSPS) is 12.7. The van der Waals surface area contributed by atoms with Crippen LogP contribution in [0.2, 0.25) is 0 Å². The second kappa shape index (κ2) is 32.3. The zero-order valence-corrected chi connectivity index (χ0v) is 62.2. The van der Waals surface area contributed by atoms with Crippen molar-refractivity contribution in [1.82, 2.24) is 50.6 Å². The Balaban J connectivity index is 0.000000142. The van der Waals surface area contributed by atoms with Gasteiger partial charge in [-0.05, 0) is 156 Å². The van der Waals surface area contributed by atoms with Crippen molar-refractivity contribution in [3.63, 3.8) is 0 Å². The van der Waals surface area contributed by atoms with E-state index < -0.39 is 11.9 Å². The topological polar surface area (TPSA) is 304 Å². The number of methoxy groups -OCH3 is 2. The average Bonchev–Trinajstić information content (AvgIpc) is 1.66. The second-order valence-electron chi connectivity index (χ2n) is 27.6. The number of fused-ring (bicyclic) bond motifs is 6. The fourth-order valence-corrected chi connectivity index (χ4v) is 14.1. The van der Waals surface area contributed by atoms with E-state index in [1.165, 1.54) is 46.2 Å². The van der Waals surface area contributed by atoms with Gasteiger partial charge >= 0.3 is 5.97 Å². The van der Waals surface area contributed by atoms with Crippen LogP contribution < -0.4 is 29.6 Å². The van der Waals surface area contributed by atoms with E-state index in [0.717, 1.165) is 50.3 Å². The minimum absolute atomic E-state index is 0.0444. The molecule has 572 valence electrons. The van der Waals surface area contributed by atoms with Gasteiger partial charge in [0.2, 0.25) is 0 Å². The first kappa shape index (κ1) is 75.8. The Morgan fingerprint density at radius 1 is 0.451 bits per heavy atom. The summed E-state index contributed by atoms with van der Waals surface area (Å²) in [6, 6.07) is 42.2. The molecule has 0 atom stereocenters. The molecule has 0 unspecified atom stereocenters. The number of aryl methyl sites for hydroxylation is 2. The lowest BCUT2D eigenvalue weighted by Gasteiger charge is -2.17. The summed E-state index contributed by atoms with van der Waals surface area (Å²) in [4.78, 5) is 97.0. The van der Waals surface area contributed by atoms with E-state index in [9.17, 15) is 52.2 Å². The van der Waals surface area contributed by atoms with E-state index in [0.29, 0.717) is 109 Å². The van der Waals surface area contributed by atoms with Gasteiger partial charge in [-0.15, -0.1) is 0 Å². The molecule has 0 fully saturated rings. The molecule has 0 radical (unpaired) electrons. The maximum Gasteiger partial charge on any atom is 0.336 e. The Labute approximate surface area is 644 Å². The average molecular weight is 1530 g/mol. The molecular formula is C86H73F3N10O14. The van der Waals surface area contributed by atoms with Gasteiger partial charge in [-0.1, -0.05) is 71.0 Å².